The number of hydrogen-bond donors (Lipinski definition) is 1. The topological polar surface area (TPSA) is 35.2 Å². The van der Waals surface area contributed by atoms with Gasteiger partial charge in [0.05, 0.1) is 0 Å². The lowest BCUT2D eigenvalue weighted by molar-refractivity contribution is -0.153. The predicted octanol–water partition coefficient (Wildman–Crippen LogP) is 9.96. The van der Waals surface area contributed by atoms with E-state index in [0.29, 0.717) is 11.7 Å². The highest BCUT2D eigenvalue weighted by Crippen LogP contribution is 2.34. The second kappa shape index (κ2) is 19.0. The van der Waals surface area contributed by atoms with Gasteiger partial charge in [0.2, 0.25) is 0 Å². The molecule has 0 aliphatic heterocycles. The van der Waals surface area contributed by atoms with Crippen molar-refractivity contribution in [2.45, 2.75) is 142 Å². The van der Waals surface area contributed by atoms with E-state index in [9.17, 15) is 13.2 Å². The van der Waals surface area contributed by atoms with E-state index in [2.05, 4.69) is 20.8 Å². The van der Waals surface area contributed by atoms with Gasteiger partial charge in [0.25, 0.3) is 0 Å². The van der Waals surface area contributed by atoms with Crippen LogP contribution in [0, 0.1) is 5.92 Å². The maximum Gasteiger partial charge on any atom is 0.422 e. The molecule has 0 bridgehead atoms. The highest BCUT2D eigenvalue weighted by Gasteiger charge is 2.28. The summed E-state index contributed by atoms with van der Waals surface area (Å²) in [7, 11) is 0. The fraction of sp³-hybridized carbons (Fsp3) is 0.800. The molecular weight excluding hydrogens is 447 g/mol. The van der Waals surface area contributed by atoms with Crippen LogP contribution in [-0.4, -0.2) is 18.8 Å². The molecule has 0 radical (unpaired) electrons. The summed E-state index contributed by atoms with van der Waals surface area (Å²) in [5, 5.41) is 0. The molecule has 2 nitrogen and oxygen atoms in total. The zero-order valence-electron chi connectivity index (χ0n) is 22.7. The van der Waals surface area contributed by atoms with Crippen molar-refractivity contribution in [3.8, 4) is 5.75 Å². The third-order valence-corrected chi connectivity index (χ3v) is 7.26. The van der Waals surface area contributed by atoms with E-state index >= 15 is 0 Å². The number of hydrogen-bond acceptors (Lipinski definition) is 2. The SMILES string of the molecule is CCCCCCCCCCC(CCC(N)CCCCCC)C(C)c1cccc(OCC(F)(F)F)c1. The lowest BCUT2D eigenvalue weighted by Crippen LogP contribution is -2.22. The Bertz CT molecular complexity index is 634. The minimum absolute atomic E-state index is 0.238. The third kappa shape index (κ3) is 16.2. The summed E-state index contributed by atoms with van der Waals surface area (Å²) in [5.41, 5.74) is 7.52. The number of ether oxygens (including phenoxy) is 1. The molecule has 0 aliphatic carbocycles. The highest BCUT2D eigenvalue weighted by molar-refractivity contribution is 5.31. The van der Waals surface area contributed by atoms with Gasteiger partial charge in [-0.25, -0.2) is 0 Å². The van der Waals surface area contributed by atoms with Gasteiger partial charge in [0.15, 0.2) is 6.61 Å². The van der Waals surface area contributed by atoms with Crippen molar-refractivity contribution in [2.75, 3.05) is 6.61 Å². The Hall–Kier alpha value is -1.23. The summed E-state index contributed by atoms with van der Waals surface area (Å²) in [6.45, 7) is 5.43. The van der Waals surface area contributed by atoms with Crippen LogP contribution in [0.3, 0.4) is 0 Å². The number of halogens is 3. The smallest absolute Gasteiger partial charge is 0.422 e. The van der Waals surface area contributed by atoms with Gasteiger partial charge >= 0.3 is 6.18 Å². The molecule has 0 saturated carbocycles. The quantitative estimate of drug-likeness (QED) is 0.171. The second-order valence-corrected chi connectivity index (χ2v) is 10.5. The fourth-order valence-electron chi connectivity index (χ4n) is 4.92. The van der Waals surface area contributed by atoms with E-state index < -0.39 is 12.8 Å². The van der Waals surface area contributed by atoms with E-state index in [4.69, 9.17) is 10.5 Å². The van der Waals surface area contributed by atoms with Crippen molar-refractivity contribution < 1.29 is 17.9 Å². The normalized spacial score (nSPS) is 14.6. The Morgan fingerprint density at radius 3 is 1.97 bits per heavy atom. The maximum atomic E-state index is 12.6. The summed E-state index contributed by atoms with van der Waals surface area (Å²) < 4.78 is 42.8. The van der Waals surface area contributed by atoms with Crippen molar-refractivity contribution in [2.24, 2.45) is 11.7 Å². The van der Waals surface area contributed by atoms with Gasteiger partial charge in [-0.3, -0.25) is 0 Å². The minimum Gasteiger partial charge on any atom is -0.484 e. The van der Waals surface area contributed by atoms with Gasteiger partial charge < -0.3 is 10.5 Å². The number of benzene rings is 1. The van der Waals surface area contributed by atoms with E-state index in [1.54, 1.807) is 12.1 Å². The number of rotatable bonds is 21. The number of nitrogens with two attached hydrogens (primary N) is 1. The van der Waals surface area contributed by atoms with Crippen LogP contribution in [0.5, 0.6) is 5.75 Å². The fourth-order valence-corrected chi connectivity index (χ4v) is 4.92. The number of alkyl halides is 3. The molecule has 5 heteroatoms. The van der Waals surface area contributed by atoms with Crippen molar-refractivity contribution in [3.05, 3.63) is 29.8 Å². The second-order valence-electron chi connectivity index (χ2n) is 10.5. The molecule has 3 unspecified atom stereocenters. The average Bonchev–Trinajstić information content (AvgIpc) is 2.83. The van der Waals surface area contributed by atoms with Gasteiger partial charge in [0, 0.05) is 6.04 Å². The van der Waals surface area contributed by atoms with Crippen LogP contribution < -0.4 is 10.5 Å². The van der Waals surface area contributed by atoms with Crippen molar-refractivity contribution in [1.29, 1.82) is 0 Å². The van der Waals surface area contributed by atoms with Crippen LogP contribution in [0.25, 0.3) is 0 Å². The molecule has 1 aromatic carbocycles. The molecule has 3 atom stereocenters. The van der Waals surface area contributed by atoms with Crippen molar-refractivity contribution in [3.63, 3.8) is 0 Å². The van der Waals surface area contributed by atoms with E-state index in [0.717, 1.165) is 31.2 Å². The zero-order valence-corrected chi connectivity index (χ0v) is 22.7. The Morgan fingerprint density at radius 2 is 1.34 bits per heavy atom. The molecule has 0 aromatic heterocycles. The maximum absolute atomic E-state index is 12.6. The summed E-state index contributed by atoms with van der Waals surface area (Å²) in [5.74, 6) is 1.04. The van der Waals surface area contributed by atoms with E-state index in [1.807, 2.05) is 12.1 Å². The largest absolute Gasteiger partial charge is 0.484 e. The first-order valence-corrected chi connectivity index (χ1v) is 14.3. The van der Waals surface area contributed by atoms with E-state index in [-0.39, 0.29) is 12.0 Å². The van der Waals surface area contributed by atoms with Crippen LogP contribution in [0.4, 0.5) is 13.2 Å². The predicted molar refractivity (Wildman–Crippen MR) is 143 cm³/mol. The molecule has 0 saturated heterocycles. The Labute approximate surface area is 213 Å². The zero-order chi connectivity index (χ0) is 25.9. The van der Waals surface area contributed by atoms with Crippen molar-refractivity contribution >= 4 is 0 Å². The van der Waals surface area contributed by atoms with E-state index in [1.165, 1.54) is 77.0 Å². The molecule has 35 heavy (non-hydrogen) atoms. The highest BCUT2D eigenvalue weighted by atomic mass is 19.4. The summed E-state index contributed by atoms with van der Waals surface area (Å²) in [6, 6.07) is 7.48. The molecule has 2 N–H and O–H groups in total. The summed E-state index contributed by atoms with van der Waals surface area (Å²) >= 11 is 0. The Morgan fingerprint density at radius 1 is 0.771 bits per heavy atom. The lowest BCUT2D eigenvalue weighted by atomic mass is 9.80. The van der Waals surface area contributed by atoms with Gasteiger partial charge in [-0.1, -0.05) is 110 Å². The molecular formula is C30H52F3NO. The third-order valence-electron chi connectivity index (χ3n) is 7.26. The first-order valence-electron chi connectivity index (χ1n) is 14.3. The van der Waals surface area contributed by atoms with Gasteiger partial charge in [-0.2, -0.15) is 13.2 Å². The van der Waals surface area contributed by atoms with Crippen LogP contribution >= 0.6 is 0 Å². The van der Waals surface area contributed by atoms with Crippen molar-refractivity contribution in [1.82, 2.24) is 0 Å². The summed E-state index contributed by atoms with van der Waals surface area (Å²) in [6.07, 6.45) is 15.3. The lowest BCUT2D eigenvalue weighted by Gasteiger charge is -2.26. The Balaban J connectivity index is 2.65. The van der Waals surface area contributed by atoms with Gasteiger partial charge in [-0.05, 0) is 55.2 Å². The molecule has 1 aromatic rings. The minimum atomic E-state index is -4.33. The number of unbranched alkanes of at least 4 members (excludes halogenated alkanes) is 10. The monoisotopic (exact) mass is 499 g/mol. The molecule has 0 aliphatic rings. The van der Waals surface area contributed by atoms with Crippen LogP contribution in [0.15, 0.2) is 24.3 Å². The van der Waals surface area contributed by atoms with Crippen LogP contribution in [0.1, 0.15) is 135 Å². The van der Waals surface area contributed by atoms with Crippen LogP contribution in [0.2, 0.25) is 0 Å². The summed E-state index contributed by atoms with van der Waals surface area (Å²) in [4.78, 5) is 0. The first-order chi connectivity index (χ1) is 16.8. The van der Waals surface area contributed by atoms with Crippen LogP contribution in [-0.2, 0) is 0 Å². The average molecular weight is 500 g/mol. The molecule has 1 rings (SSSR count). The molecule has 0 amide bonds. The molecule has 204 valence electrons. The Kier molecular flexibility index (Phi) is 17.2. The standard InChI is InChI=1S/C30H52F3NO/c1-4-6-8-10-11-12-13-14-17-26(21-22-28(34)19-15-9-7-5-2)25(3)27-18-16-20-29(23-27)35-24-30(31,32)33/h16,18,20,23,25-26,28H,4-15,17,19,21-22,24,34H2,1-3H3. The molecule has 0 heterocycles. The first kappa shape index (κ1) is 31.8. The van der Waals surface area contributed by atoms with Gasteiger partial charge in [-0.15, -0.1) is 0 Å². The molecule has 0 fully saturated rings. The molecule has 0 spiro atoms. The van der Waals surface area contributed by atoms with Gasteiger partial charge in [0.1, 0.15) is 5.75 Å².